The van der Waals surface area contributed by atoms with Crippen molar-refractivity contribution in [3.05, 3.63) is 46.2 Å². The van der Waals surface area contributed by atoms with Crippen LogP contribution in [-0.2, 0) is 11.3 Å². The molecule has 0 fully saturated rings. The number of nitrogens with one attached hydrogen (secondary N) is 3. The molecule has 3 amide bonds. The predicted molar refractivity (Wildman–Crippen MR) is 92.4 cm³/mol. The van der Waals surface area contributed by atoms with E-state index >= 15 is 0 Å². The fourth-order valence-corrected chi connectivity index (χ4v) is 2.53. The molecule has 0 spiro atoms. The molecule has 0 unspecified atom stereocenters. The number of primary amides is 1. The van der Waals surface area contributed by atoms with Crippen molar-refractivity contribution in [2.75, 3.05) is 0 Å². The van der Waals surface area contributed by atoms with Gasteiger partial charge in [0.1, 0.15) is 6.04 Å². The summed E-state index contributed by atoms with van der Waals surface area (Å²) >= 11 is 0. The average molecular weight is 330 g/mol. The van der Waals surface area contributed by atoms with Crippen LogP contribution in [0.2, 0.25) is 0 Å². The number of carbonyl (C=O) groups is 2. The van der Waals surface area contributed by atoms with E-state index in [0.717, 1.165) is 5.39 Å². The predicted octanol–water partition coefficient (Wildman–Crippen LogP) is 1.23. The first kappa shape index (κ1) is 17.5. The van der Waals surface area contributed by atoms with Gasteiger partial charge in [0.25, 0.3) is 0 Å². The Bertz CT molecular complexity index is 820. The van der Waals surface area contributed by atoms with E-state index in [0.29, 0.717) is 11.1 Å². The van der Waals surface area contributed by atoms with Crippen LogP contribution in [0.25, 0.3) is 10.9 Å². The topological polar surface area (TPSA) is 117 Å². The van der Waals surface area contributed by atoms with Crippen molar-refractivity contribution >= 4 is 22.8 Å². The standard InChI is InChI=1S/C17H22N4O3/c1-17(2,3)14(21-16(18)24)15(23)19-9-10-8-13(22)20-12-7-5-4-6-11(10)12/h4-8,14H,9H2,1-3H3,(H,19,23)(H,20,22)(H3,18,21,24)/t14-/m0/s1. The first-order valence-corrected chi connectivity index (χ1v) is 7.63. The van der Waals surface area contributed by atoms with E-state index in [2.05, 4.69) is 15.6 Å². The Labute approximate surface area is 139 Å². The van der Waals surface area contributed by atoms with Crippen molar-refractivity contribution in [3.63, 3.8) is 0 Å². The molecule has 1 aromatic heterocycles. The third-order valence-corrected chi connectivity index (χ3v) is 3.70. The van der Waals surface area contributed by atoms with Gasteiger partial charge in [0.15, 0.2) is 0 Å². The maximum absolute atomic E-state index is 12.5. The lowest BCUT2D eigenvalue weighted by Gasteiger charge is -2.29. The smallest absolute Gasteiger partial charge is 0.312 e. The van der Waals surface area contributed by atoms with Crippen molar-refractivity contribution in [1.82, 2.24) is 15.6 Å². The molecule has 7 heteroatoms. The third kappa shape index (κ3) is 4.13. The molecule has 24 heavy (non-hydrogen) atoms. The summed E-state index contributed by atoms with van der Waals surface area (Å²) in [6.45, 7) is 5.66. The zero-order chi connectivity index (χ0) is 17.9. The number of rotatable bonds is 4. The molecule has 7 nitrogen and oxygen atoms in total. The van der Waals surface area contributed by atoms with Gasteiger partial charge in [-0.15, -0.1) is 0 Å². The summed E-state index contributed by atoms with van der Waals surface area (Å²) in [4.78, 5) is 38.1. The van der Waals surface area contributed by atoms with Gasteiger partial charge in [-0.05, 0) is 17.0 Å². The van der Waals surface area contributed by atoms with Gasteiger partial charge in [-0.2, -0.15) is 0 Å². The Balaban J connectivity index is 2.22. The molecular weight excluding hydrogens is 308 g/mol. The number of fused-ring (bicyclic) bond motifs is 1. The largest absolute Gasteiger partial charge is 0.352 e. The van der Waals surface area contributed by atoms with E-state index in [1.807, 2.05) is 39.0 Å². The summed E-state index contributed by atoms with van der Waals surface area (Å²) in [7, 11) is 0. The van der Waals surface area contributed by atoms with Gasteiger partial charge in [-0.3, -0.25) is 9.59 Å². The highest BCUT2D eigenvalue weighted by atomic mass is 16.2. The Kier molecular flexibility index (Phi) is 4.92. The zero-order valence-corrected chi connectivity index (χ0v) is 14.0. The van der Waals surface area contributed by atoms with Gasteiger partial charge in [-0.1, -0.05) is 39.0 Å². The molecular formula is C17H22N4O3. The molecule has 128 valence electrons. The minimum Gasteiger partial charge on any atom is -0.352 e. The maximum Gasteiger partial charge on any atom is 0.312 e. The van der Waals surface area contributed by atoms with Crippen LogP contribution >= 0.6 is 0 Å². The van der Waals surface area contributed by atoms with Crippen LogP contribution in [0.5, 0.6) is 0 Å². The van der Waals surface area contributed by atoms with Gasteiger partial charge >= 0.3 is 6.03 Å². The minimum absolute atomic E-state index is 0.177. The van der Waals surface area contributed by atoms with Crippen molar-refractivity contribution < 1.29 is 9.59 Å². The number of carbonyl (C=O) groups excluding carboxylic acids is 2. The van der Waals surface area contributed by atoms with Crippen molar-refractivity contribution in [2.24, 2.45) is 11.1 Å². The van der Waals surface area contributed by atoms with Crippen LogP contribution in [-0.4, -0.2) is 23.0 Å². The summed E-state index contributed by atoms with van der Waals surface area (Å²) in [5, 5.41) is 6.09. The molecule has 0 aliphatic heterocycles. The number of hydrogen-bond donors (Lipinski definition) is 4. The summed E-state index contributed by atoms with van der Waals surface area (Å²) in [6, 6.07) is 7.28. The second-order valence-corrected chi connectivity index (χ2v) is 6.73. The normalized spacial score (nSPS) is 12.6. The molecule has 1 aromatic carbocycles. The first-order valence-electron chi connectivity index (χ1n) is 7.63. The molecule has 1 heterocycles. The molecule has 0 bridgehead atoms. The number of benzene rings is 1. The minimum atomic E-state index is -0.775. The van der Waals surface area contributed by atoms with Crippen LogP contribution in [0.1, 0.15) is 26.3 Å². The van der Waals surface area contributed by atoms with Gasteiger partial charge in [0.2, 0.25) is 11.5 Å². The van der Waals surface area contributed by atoms with Crippen LogP contribution in [0.3, 0.4) is 0 Å². The highest BCUT2D eigenvalue weighted by Crippen LogP contribution is 2.20. The quantitative estimate of drug-likeness (QED) is 0.675. The summed E-state index contributed by atoms with van der Waals surface area (Å²) in [5.74, 6) is -0.356. The van der Waals surface area contributed by atoms with Crippen molar-refractivity contribution in [2.45, 2.75) is 33.4 Å². The molecule has 0 saturated carbocycles. The van der Waals surface area contributed by atoms with E-state index in [-0.39, 0.29) is 18.0 Å². The molecule has 2 aromatic rings. The van der Waals surface area contributed by atoms with E-state index in [1.54, 1.807) is 6.07 Å². The Morgan fingerprint density at radius 3 is 2.54 bits per heavy atom. The highest BCUT2D eigenvalue weighted by Gasteiger charge is 2.32. The Hall–Kier alpha value is -2.83. The second-order valence-electron chi connectivity index (χ2n) is 6.73. The Morgan fingerprint density at radius 1 is 1.25 bits per heavy atom. The first-order chi connectivity index (χ1) is 11.2. The van der Waals surface area contributed by atoms with Gasteiger partial charge in [-0.25, -0.2) is 4.79 Å². The molecule has 0 radical (unpaired) electrons. The lowest BCUT2D eigenvalue weighted by atomic mass is 9.86. The summed E-state index contributed by atoms with van der Waals surface area (Å²) in [5.41, 5.74) is 5.82. The number of amides is 3. The number of pyridine rings is 1. The fourth-order valence-electron chi connectivity index (χ4n) is 2.53. The molecule has 0 aliphatic carbocycles. The number of urea groups is 1. The number of para-hydroxylation sites is 1. The highest BCUT2D eigenvalue weighted by molar-refractivity contribution is 5.88. The molecule has 0 saturated heterocycles. The monoisotopic (exact) mass is 330 g/mol. The molecule has 2 rings (SSSR count). The van der Waals surface area contributed by atoms with Crippen LogP contribution in [0, 0.1) is 5.41 Å². The lowest BCUT2D eigenvalue weighted by Crippen LogP contribution is -2.54. The molecule has 5 N–H and O–H groups in total. The second kappa shape index (κ2) is 6.74. The van der Waals surface area contributed by atoms with Gasteiger partial charge in [0.05, 0.1) is 0 Å². The SMILES string of the molecule is CC(C)(C)[C@@H](NC(N)=O)C(=O)NCc1cc(=O)[nH]c2ccccc12. The van der Waals surface area contributed by atoms with Crippen molar-refractivity contribution in [1.29, 1.82) is 0 Å². The maximum atomic E-state index is 12.5. The van der Waals surface area contributed by atoms with E-state index in [4.69, 9.17) is 5.73 Å². The molecule has 1 atom stereocenters. The molecule has 0 aliphatic rings. The summed E-state index contributed by atoms with van der Waals surface area (Å²) in [6.07, 6.45) is 0. The van der Waals surface area contributed by atoms with E-state index in [1.165, 1.54) is 6.07 Å². The third-order valence-electron chi connectivity index (χ3n) is 3.70. The van der Waals surface area contributed by atoms with Gasteiger partial charge in [0, 0.05) is 23.5 Å². The number of aromatic nitrogens is 1. The zero-order valence-electron chi connectivity index (χ0n) is 14.0. The van der Waals surface area contributed by atoms with Crippen molar-refractivity contribution in [3.8, 4) is 0 Å². The number of nitrogens with two attached hydrogens (primary N) is 1. The van der Waals surface area contributed by atoms with Crippen LogP contribution in [0.15, 0.2) is 35.1 Å². The van der Waals surface area contributed by atoms with Crippen LogP contribution in [0.4, 0.5) is 4.79 Å². The average Bonchev–Trinajstić information content (AvgIpc) is 2.48. The number of H-pyrrole nitrogens is 1. The lowest BCUT2D eigenvalue weighted by molar-refractivity contribution is -0.125. The van der Waals surface area contributed by atoms with E-state index < -0.39 is 17.5 Å². The van der Waals surface area contributed by atoms with Gasteiger partial charge < -0.3 is 21.4 Å². The van der Waals surface area contributed by atoms with E-state index in [9.17, 15) is 14.4 Å². The number of hydrogen-bond acceptors (Lipinski definition) is 3. The van der Waals surface area contributed by atoms with Crippen LogP contribution < -0.4 is 21.9 Å². The fraction of sp³-hybridized carbons (Fsp3) is 0.353. The number of aromatic amines is 1. The summed E-state index contributed by atoms with van der Waals surface area (Å²) < 4.78 is 0. The Morgan fingerprint density at radius 2 is 1.92 bits per heavy atom.